The van der Waals surface area contributed by atoms with Gasteiger partial charge in [0.25, 0.3) is 0 Å². The van der Waals surface area contributed by atoms with Gasteiger partial charge >= 0.3 is 5.97 Å². The van der Waals surface area contributed by atoms with Crippen LogP contribution in [0.2, 0.25) is 0 Å². The van der Waals surface area contributed by atoms with E-state index >= 15 is 0 Å². The Morgan fingerprint density at radius 3 is 1.42 bits per heavy atom. The lowest BCUT2D eigenvalue weighted by Gasteiger charge is -2.20. The number of fused-ring (bicyclic) bond motifs is 5. The van der Waals surface area contributed by atoms with E-state index in [0.29, 0.717) is 35.0 Å². The molecule has 0 bridgehead atoms. The summed E-state index contributed by atoms with van der Waals surface area (Å²) in [6.45, 7) is 20.9. The third-order valence-corrected chi connectivity index (χ3v) is 10.5. The lowest BCUT2D eigenvalue weighted by Crippen LogP contribution is -2.14. The van der Waals surface area contributed by atoms with E-state index < -0.39 is 5.97 Å². The molecule has 8 rings (SSSR count). The Labute approximate surface area is 339 Å². The van der Waals surface area contributed by atoms with Gasteiger partial charge in [-0.1, -0.05) is 171 Å². The van der Waals surface area contributed by atoms with E-state index in [2.05, 4.69) is 147 Å². The highest BCUT2D eigenvalue weighted by molar-refractivity contribution is 5.88. The second-order valence-electron chi connectivity index (χ2n) is 16.0. The zero-order valence-corrected chi connectivity index (χ0v) is 34.6. The van der Waals surface area contributed by atoms with Crippen LogP contribution in [0, 0.1) is 0 Å². The molecule has 0 saturated heterocycles. The van der Waals surface area contributed by atoms with Gasteiger partial charge in [-0.15, -0.1) is 0 Å². The fourth-order valence-corrected chi connectivity index (χ4v) is 6.96. The fraction of sp³-hybridized carbons (Fsp3) is 0.226. The maximum atomic E-state index is 11.1. The topological polar surface area (TPSA) is 66.8 Å². The molecular formula is C53H56O4. The number of aromatic hydroxyl groups is 2. The Morgan fingerprint density at radius 2 is 0.930 bits per heavy atom. The number of phenolic OH excluding ortho intramolecular Hbond substituents is 2. The van der Waals surface area contributed by atoms with Crippen molar-refractivity contribution in [1.82, 2.24) is 0 Å². The van der Waals surface area contributed by atoms with E-state index in [-0.39, 0.29) is 5.41 Å². The molecule has 0 aliphatic heterocycles. The third-order valence-electron chi connectivity index (χ3n) is 10.5. The van der Waals surface area contributed by atoms with Gasteiger partial charge < -0.3 is 14.9 Å². The Hall–Kier alpha value is -6.13. The van der Waals surface area contributed by atoms with Gasteiger partial charge in [0.05, 0.1) is 0 Å². The highest BCUT2D eigenvalue weighted by Gasteiger charge is 2.34. The molecule has 0 heterocycles. The van der Waals surface area contributed by atoms with Crippen molar-refractivity contribution in [3.8, 4) is 28.4 Å². The molecule has 0 amide bonds. The number of benzene rings is 7. The van der Waals surface area contributed by atoms with Crippen molar-refractivity contribution in [2.24, 2.45) is 0 Å². The second-order valence-corrected chi connectivity index (χ2v) is 16.0. The second kappa shape index (κ2) is 18.7. The van der Waals surface area contributed by atoms with Gasteiger partial charge in [-0.05, 0) is 115 Å². The lowest BCUT2D eigenvalue weighted by atomic mass is 9.82. The van der Waals surface area contributed by atoms with Crippen LogP contribution in [0.25, 0.3) is 32.7 Å². The minimum absolute atomic E-state index is 0.160. The van der Waals surface area contributed by atoms with Crippen molar-refractivity contribution in [2.75, 3.05) is 0 Å². The molecule has 57 heavy (non-hydrogen) atoms. The van der Waals surface area contributed by atoms with Crippen LogP contribution in [0.5, 0.6) is 17.2 Å². The molecule has 0 spiro atoms. The number of esters is 1. The Morgan fingerprint density at radius 1 is 0.526 bits per heavy atom. The first-order chi connectivity index (χ1) is 27.2. The number of phenols is 2. The maximum absolute atomic E-state index is 11.1. The molecule has 0 atom stereocenters. The van der Waals surface area contributed by atoms with Crippen molar-refractivity contribution in [3.05, 3.63) is 186 Å². The average Bonchev–Trinajstić information content (AvgIpc) is 3.44. The zero-order chi connectivity index (χ0) is 41.3. The Kier molecular flexibility index (Phi) is 13.8. The number of hydrogen-bond acceptors (Lipinski definition) is 4. The summed E-state index contributed by atoms with van der Waals surface area (Å²) < 4.78 is 5.09. The smallest absolute Gasteiger partial charge is 0.335 e. The summed E-state index contributed by atoms with van der Waals surface area (Å²) in [6, 6.07) is 48.6. The third kappa shape index (κ3) is 10.6. The van der Waals surface area contributed by atoms with Crippen LogP contribution >= 0.6 is 0 Å². The van der Waals surface area contributed by atoms with Gasteiger partial charge in [0.2, 0.25) is 0 Å². The highest BCUT2D eigenvalue weighted by atomic mass is 16.5. The summed E-state index contributed by atoms with van der Waals surface area (Å²) in [4.78, 5) is 11.1. The van der Waals surface area contributed by atoms with Gasteiger partial charge in [-0.25, -0.2) is 4.79 Å². The first-order valence-corrected chi connectivity index (χ1v) is 19.8. The number of carbonyl (C=O) groups excluding carboxylic acids is 1. The van der Waals surface area contributed by atoms with E-state index in [1.165, 1.54) is 44.3 Å². The molecule has 1 aliphatic carbocycles. The SMILES string of the molecule is C=CC(=O)Oc1ccc2cc(C(C)C)ccc2c1.CC(C)c1ccc(O)cc1.CC(C)c1ccc2cc(O)ccc2c1.CC1(C)c2ccccc2-c2ccccc21. The van der Waals surface area contributed by atoms with Crippen molar-refractivity contribution in [2.45, 2.75) is 78.6 Å². The summed E-state index contributed by atoms with van der Waals surface area (Å²) in [5, 5.41) is 22.7. The first kappa shape index (κ1) is 42.0. The van der Waals surface area contributed by atoms with Crippen LogP contribution in [-0.2, 0) is 10.2 Å². The van der Waals surface area contributed by atoms with Crippen molar-refractivity contribution >= 4 is 27.5 Å². The highest BCUT2D eigenvalue weighted by Crippen LogP contribution is 2.48. The minimum atomic E-state index is -0.437. The summed E-state index contributed by atoms with van der Waals surface area (Å²) in [5.74, 6) is 2.37. The van der Waals surface area contributed by atoms with E-state index in [9.17, 15) is 9.90 Å². The average molecular weight is 757 g/mol. The van der Waals surface area contributed by atoms with Crippen LogP contribution in [0.3, 0.4) is 0 Å². The molecule has 0 aromatic heterocycles. The largest absolute Gasteiger partial charge is 0.508 e. The number of carbonyl (C=O) groups is 1. The van der Waals surface area contributed by atoms with E-state index in [1.807, 2.05) is 30.3 Å². The van der Waals surface area contributed by atoms with Crippen LogP contribution in [0.1, 0.15) is 101 Å². The fourth-order valence-electron chi connectivity index (χ4n) is 6.96. The first-order valence-electron chi connectivity index (χ1n) is 19.8. The standard InChI is InChI=1S/C16H16O2.C15H14.C13H14O.C9H12O/c1-4-16(17)18-15-8-7-13-9-12(11(2)3)5-6-14(13)10-15;1-15(2)13-9-5-3-7-11(13)12-8-4-6-10-14(12)15;1-9(2)10-3-4-12-8-13(14)6-5-11(12)7-10;1-7(2)8-3-5-9(10)6-4-8/h4-11H,1H2,2-3H3;3-10H,1-2H3;3-9,14H,1-2H3;3-7,10H,1-2H3. The number of rotatable bonds is 5. The van der Waals surface area contributed by atoms with Gasteiger partial charge in [0.15, 0.2) is 0 Å². The molecule has 0 saturated carbocycles. The number of ether oxygens (including phenoxy) is 1. The van der Waals surface area contributed by atoms with E-state index in [4.69, 9.17) is 9.84 Å². The summed E-state index contributed by atoms with van der Waals surface area (Å²) in [7, 11) is 0. The Balaban J connectivity index is 0.000000148. The lowest BCUT2D eigenvalue weighted by molar-refractivity contribution is -0.128. The number of hydrogen-bond donors (Lipinski definition) is 2. The van der Waals surface area contributed by atoms with Crippen LogP contribution in [-0.4, -0.2) is 16.2 Å². The van der Waals surface area contributed by atoms with E-state index in [1.54, 1.807) is 30.3 Å². The summed E-state index contributed by atoms with van der Waals surface area (Å²) >= 11 is 0. The van der Waals surface area contributed by atoms with Gasteiger partial charge in [-0.3, -0.25) is 0 Å². The summed E-state index contributed by atoms with van der Waals surface area (Å²) in [5.41, 5.74) is 9.76. The molecule has 292 valence electrons. The monoisotopic (exact) mass is 756 g/mol. The molecule has 0 fully saturated rings. The molecule has 0 unspecified atom stereocenters. The van der Waals surface area contributed by atoms with E-state index in [0.717, 1.165) is 22.2 Å². The van der Waals surface area contributed by atoms with Crippen molar-refractivity contribution in [3.63, 3.8) is 0 Å². The quantitative estimate of drug-likeness (QED) is 0.104. The molecule has 0 radical (unpaired) electrons. The van der Waals surface area contributed by atoms with Crippen LogP contribution < -0.4 is 4.74 Å². The molecule has 1 aliphatic rings. The molecule has 7 aromatic rings. The van der Waals surface area contributed by atoms with Gasteiger partial charge in [0.1, 0.15) is 17.2 Å². The van der Waals surface area contributed by atoms with Gasteiger partial charge in [0, 0.05) is 11.5 Å². The maximum Gasteiger partial charge on any atom is 0.335 e. The molecule has 7 aromatic carbocycles. The summed E-state index contributed by atoms with van der Waals surface area (Å²) in [6.07, 6.45) is 1.16. The molecule has 4 nitrogen and oxygen atoms in total. The van der Waals surface area contributed by atoms with Crippen LogP contribution in [0.15, 0.2) is 158 Å². The minimum Gasteiger partial charge on any atom is -0.508 e. The molecular weight excluding hydrogens is 701 g/mol. The predicted molar refractivity (Wildman–Crippen MR) is 240 cm³/mol. The van der Waals surface area contributed by atoms with Crippen LogP contribution in [0.4, 0.5) is 0 Å². The van der Waals surface area contributed by atoms with Crippen molar-refractivity contribution < 1.29 is 19.7 Å². The van der Waals surface area contributed by atoms with Crippen molar-refractivity contribution in [1.29, 1.82) is 0 Å². The Bertz CT molecular complexity index is 2400. The molecule has 4 heteroatoms. The normalized spacial score (nSPS) is 12.1. The van der Waals surface area contributed by atoms with Gasteiger partial charge in [-0.2, -0.15) is 0 Å². The molecule has 2 N–H and O–H groups in total. The zero-order valence-electron chi connectivity index (χ0n) is 34.6. The predicted octanol–water partition coefficient (Wildman–Crippen LogP) is 14.2.